The van der Waals surface area contributed by atoms with E-state index >= 15 is 0 Å². The Bertz CT molecular complexity index is 312. The summed E-state index contributed by atoms with van der Waals surface area (Å²) in [5.74, 6) is -0.0638. The number of thiol groups is 2. The van der Waals surface area contributed by atoms with Crippen LogP contribution >= 0.6 is 25.3 Å². The molecule has 19 heavy (non-hydrogen) atoms. The van der Waals surface area contributed by atoms with Crippen LogP contribution in [0.25, 0.3) is 0 Å². The van der Waals surface area contributed by atoms with E-state index in [-0.39, 0.29) is 5.91 Å². The number of rotatable bonds is 8. The fourth-order valence-electron chi connectivity index (χ4n) is 2.42. The largest absolute Gasteiger partial charge is 0.480 e. The molecule has 1 N–H and O–H groups in total. The van der Waals surface area contributed by atoms with Crippen molar-refractivity contribution >= 4 is 37.1 Å². The quantitative estimate of drug-likeness (QED) is 0.476. The highest BCUT2D eigenvalue weighted by atomic mass is 32.1. The SMILES string of the molecule is O=C(O)[C@@H]1CCCN1C(=O)CCCCC(S)CCS. The number of hydrogen-bond acceptors (Lipinski definition) is 4. The zero-order valence-electron chi connectivity index (χ0n) is 11.1. The van der Waals surface area contributed by atoms with Gasteiger partial charge in [-0.3, -0.25) is 4.79 Å². The van der Waals surface area contributed by atoms with Gasteiger partial charge in [-0.25, -0.2) is 4.79 Å². The van der Waals surface area contributed by atoms with Crippen molar-refractivity contribution in [1.29, 1.82) is 0 Å². The summed E-state index contributed by atoms with van der Waals surface area (Å²) in [5.41, 5.74) is 0. The first-order valence-electron chi connectivity index (χ1n) is 6.87. The Hall–Kier alpha value is -0.360. The summed E-state index contributed by atoms with van der Waals surface area (Å²) >= 11 is 8.60. The van der Waals surface area contributed by atoms with Gasteiger partial charge in [0.15, 0.2) is 0 Å². The Morgan fingerprint density at radius 2 is 2.05 bits per heavy atom. The molecule has 1 rings (SSSR count). The minimum Gasteiger partial charge on any atom is -0.480 e. The maximum Gasteiger partial charge on any atom is 0.326 e. The fraction of sp³-hybridized carbons (Fsp3) is 0.846. The number of amides is 1. The predicted molar refractivity (Wildman–Crippen MR) is 82.1 cm³/mol. The molecule has 0 aliphatic carbocycles. The van der Waals surface area contributed by atoms with Crippen molar-refractivity contribution in [3.8, 4) is 0 Å². The molecule has 0 spiro atoms. The number of carbonyl (C=O) groups is 2. The van der Waals surface area contributed by atoms with Gasteiger partial charge in [-0.05, 0) is 37.9 Å². The van der Waals surface area contributed by atoms with Crippen molar-refractivity contribution in [1.82, 2.24) is 4.90 Å². The molecule has 1 aliphatic heterocycles. The number of nitrogens with zero attached hydrogens (tertiary/aromatic N) is 1. The third-order valence-electron chi connectivity index (χ3n) is 3.50. The third-order valence-corrected chi connectivity index (χ3v) is 4.27. The molecular formula is C13H23NO3S2. The lowest BCUT2D eigenvalue weighted by Crippen LogP contribution is -2.40. The summed E-state index contributed by atoms with van der Waals surface area (Å²) in [6.45, 7) is 0.588. The van der Waals surface area contributed by atoms with E-state index in [1.54, 1.807) is 0 Å². The maximum atomic E-state index is 12.0. The molecule has 1 unspecified atom stereocenters. The molecule has 0 aromatic carbocycles. The standard InChI is InChI=1S/C13H23NO3S2/c15-12(6-2-1-4-10(19)7-9-18)14-8-3-5-11(14)13(16)17/h10-11,18-19H,1-9H2,(H,16,17)/t10?,11-/m0/s1. The Balaban J connectivity index is 2.22. The topological polar surface area (TPSA) is 57.6 Å². The lowest BCUT2D eigenvalue weighted by Gasteiger charge is -2.21. The van der Waals surface area contributed by atoms with Crippen LogP contribution in [0.4, 0.5) is 0 Å². The number of carboxylic acid groups (broad SMARTS) is 1. The average Bonchev–Trinajstić information content (AvgIpc) is 2.84. The Labute approximate surface area is 125 Å². The highest BCUT2D eigenvalue weighted by Crippen LogP contribution is 2.20. The second-order valence-corrected chi connectivity index (χ2v) is 6.17. The van der Waals surface area contributed by atoms with Crippen LogP contribution in [0, 0.1) is 0 Å². The first-order valence-corrected chi connectivity index (χ1v) is 8.02. The minimum atomic E-state index is -0.880. The molecule has 110 valence electrons. The third kappa shape index (κ3) is 5.65. The molecule has 0 aromatic heterocycles. The first-order chi connectivity index (χ1) is 9.06. The number of hydrogen-bond donors (Lipinski definition) is 3. The second kappa shape index (κ2) is 8.74. The molecule has 6 heteroatoms. The van der Waals surface area contributed by atoms with E-state index in [0.29, 0.717) is 24.6 Å². The van der Waals surface area contributed by atoms with Crippen LogP contribution < -0.4 is 0 Å². The van der Waals surface area contributed by atoms with Gasteiger partial charge in [-0.15, -0.1) is 0 Å². The summed E-state index contributed by atoms with van der Waals surface area (Å²) in [7, 11) is 0. The van der Waals surface area contributed by atoms with E-state index in [4.69, 9.17) is 5.11 Å². The zero-order chi connectivity index (χ0) is 14.3. The molecule has 1 fully saturated rings. The van der Waals surface area contributed by atoms with Gasteiger partial charge in [0.2, 0.25) is 5.91 Å². The zero-order valence-corrected chi connectivity index (χ0v) is 12.9. The summed E-state index contributed by atoms with van der Waals surface area (Å²) in [5, 5.41) is 9.38. The van der Waals surface area contributed by atoms with Gasteiger partial charge in [-0.1, -0.05) is 6.42 Å². The van der Waals surface area contributed by atoms with Crippen LogP contribution in [-0.2, 0) is 9.59 Å². The van der Waals surface area contributed by atoms with Crippen LogP contribution in [0.2, 0.25) is 0 Å². The van der Waals surface area contributed by atoms with Gasteiger partial charge in [0.1, 0.15) is 6.04 Å². The number of likely N-dealkylation sites (tertiary alicyclic amines) is 1. The van der Waals surface area contributed by atoms with Crippen molar-refractivity contribution in [3.05, 3.63) is 0 Å². The number of unbranched alkanes of at least 4 members (excludes halogenated alkanes) is 1. The van der Waals surface area contributed by atoms with Gasteiger partial charge in [-0.2, -0.15) is 25.3 Å². The molecule has 1 saturated heterocycles. The highest BCUT2D eigenvalue weighted by Gasteiger charge is 2.33. The molecule has 0 radical (unpaired) electrons. The van der Waals surface area contributed by atoms with Crippen molar-refractivity contribution in [3.63, 3.8) is 0 Å². The molecule has 0 bridgehead atoms. The number of carbonyl (C=O) groups excluding carboxylic acids is 1. The number of carboxylic acids is 1. The molecule has 2 atom stereocenters. The van der Waals surface area contributed by atoms with Crippen molar-refractivity contribution in [2.45, 2.75) is 56.2 Å². The van der Waals surface area contributed by atoms with Gasteiger partial charge < -0.3 is 10.0 Å². The molecule has 0 saturated carbocycles. The Morgan fingerprint density at radius 1 is 1.32 bits per heavy atom. The number of aliphatic carboxylic acids is 1. The van der Waals surface area contributed by atoms with Crippen LogP contribution in [0.15, 0.2) is 0 Å². The van der Waals surface area contributed by atoms with E-state index in [1.165, 1.54) is 4.90 Å². The highest BCUT2D eigenvalue weighted by molar-refractivity contribution is 7.81. The fourth-order valence-corrected chi connectivity index (χ4v) is 3.24. The summed E-state index contributed by atoms with van der Waals surface area (Å²) in [6, 6.07) is -0.602. The van der Waals surface area contributed by atoms with E-state index in [0.717, 1.165) is 37.9 Å². The van der Waals surface area contributed by atoms with E-state index in [1.807, 2.05) is 0 Å². The summed E-state index contributed by atoms with van der Waals surface area (Å²) in [6.07, 6.45) is 5.56. The molecular weight excluding hydrogens is 282 g/mol. The molecule has 4 nitrogen and oxygen atoms in total. The lowest BCUT2D eigenvalue weighted by molar-refractivity contribution is -0.148. The second-order valence-electron chi connectivity index (χ2n) is 5.00. The maximum absolute atomic E-state index is 12.0. The molecule has 1 aliphatic rings. The smallest absolute Gasteiger partial charge is 0.326 e. The molecule has 1 heterocycles. The van der Waals surface area contributed by atoms with Crippen LogP contribution in [0.3, 0.4) is 0 Å². The predicted octanol–water partition coefficient (Wildman–Crippen LogP) is 2.24. The first kappa shape index (κ1) is 16.7. The van der Waals surface area contributed by atoms with Gasteiger partial charge in [0, 0.05) is 18.2 Å². The molecule has 0 aromatic rings. The average molecular weight is 305 g/mol. The van der Waals surface area contributed by atoms with E-state index < -0.39 is 12.0 Å². The van der Waals surface area contributed by atoms with Crippen molar-refractivity contribution in [2.24, 2.45) is 0 Å². The van der Waals surface area contributed by atoms with Crippen molar-refractivity contribution < 1.29 is 14.7 Å². The summed E-state index contributed by atoms with van der Waals surface area (Å²) < 4.78 is 0. The monoisotopic (exact) mass is 305 g/mol. The van der Waals surface area contributed by atoms with Crippen molar-refractivity contribution in [2.75, 3.05) is 12.3 Å². The van der Waals surface area contributed by atoms with E-state index in [2.05, 4.69) is 25.3 Å². The van der Waals surface area contributed by atoms with Gasteiger partial charge in [0.05, 0.1) is 0 Å². The van der Waals surface area contributed by atoms with E-state index in [9.17, 15) is 9.59 Å². The van der Waals surface area contributed by atoms with Crippen LogP contribution in [-0.4, -0.2) is 45.5 Å². The molecule has 1 amide bonds. The van der Waals surface area contributed by atoms with Gasteiger partial charge >= 0.3 is 5.97 Å². The van der Waals surface area contributed by atoms with Gasteiger partial charge in [0.25, 0.3) is 0 Å². The Kier molecular flexibility index (Phi) is 7.68. The normalized spacial score (nSPS) is 20.5. The summed E-state index contributed by atoms with van der Waals surface area (Å²) in [4.78, 5) is 24.5. The minimum absolute atomic E-state index is 0.0187. The van der Waals surface area contributed by atoms with Crippen LogP contribution in [0.1, 0.15) is 44.9 Å². The lowest BCUT2D eigenvalue weighted by atomic mass is 10.1. The van der Waals surface area contributed by atoms with Crippen LogP contribution in [0.5, 0.6) is 0 Å². The Morgan fingerprint density at radius 3 is 2.68 bits per heavy atom.